The molecule has 1 N–H and O–H groups in total. The molecule has 0 aliphatic heterocycles. The second kappa shape index (κ2) is 6.37. The highest BCUT2D eigenvalue weighted by Crippen LogP contribution is 2.18. The fourth-order valence-corrected chi connectivity index (χ4v) is 1.80. The summed E-state index contributed by atoms with van der Waals surface area (Å²) in [5.41, 5.74) is 0.0456. The first-order chi connectivity index (χ1) is 6.70. The quantitative estimate of drug-likeness (QED) is 0.726. The van der Waals surface area contributed by atoms with E-state index in [1.165, 1.54) is 0 Å². The monoisotopic (exact) mass is 233 g/mol. The van der Waals surface area contributed by atoms with Crippen LogP contribution in [0.2, 0.25) is 0 Å². The van der Waals surface area contributed by atoms with Crippen molar-refractivity contribution in [1.29, 1.82) is 0 Å². The SMILES string of the molecule is CC(C)CC(Cl)CNC(=O)CC(C)(C)C. The number of rotatable bonds is 5. The van der Waals surface area contributed by atoms with Gasteiger partial charge in [0.2, 0.25) is 5.91 Å². The second-order valence-corrected chi connectivity index (χ2v) is 6.39. The van der Waals surface area contributed by atoms with Crippen LogP contribution in [0.15, 0.2) is 0 Å². The van der Waals surface area contributed by atoms with Crippen LogP contribution in [0.3, 0.4) is 0 Å². The van der Waals surface area contributed by atoms with Crippen molar-refractivity contribution in [3.05, 3.63) is 0 Å². The average molecular weight is 234 g/mol. The Labute approximate surface area is 98.8 Å². The van der Waals surface area contributed by atoms with Crippen LogP contribution >= 0.6 is 11.6 Å². The van der Waals surface area contributed by atoms with E-state index >= 15 is 0 Å². The van der Waals surface area contributed by atoms with Gasteiger partial charge in [0, 0.05) is 13.0 Å². The molecule has 90 valence electrons. The number of hydrogen-bond donors (Lipinski definition) is 1. The van der Waals surface area contributed by atoms with Gasteiger partial charge in [-0.25, -0.2) is 0 Å². The molecule has 3 heteroatoms. The fraction of sp³-hybridized carbons (Fsp3) is 0.917. The summed E-state index contributed by atoms with van der Waals surface area (Å²) < 4.78 is 0. The third kappa shape index (κ3) is 10.1. The highest BCUT2D eigenvalue weighted by molar-refractivity contribution is 6.20. The summed E-state index contributed by atoms with van der Waals surface area (Å²) in [5, 5.41) is 2.92. The first-order valence-corrected chi connectivity index (χ1v) is 6.05. The van der Waals surface area contributed by atoms with E-state index in [9.17, 15) is 4.79 Å². The lowest BCUT2D eigenvalue weighted by Gasteiger charge is -2.18. The second-order valence-electron chi connectivity index (χ2n) is 5.77. The van der Waals surface area contributed by atoms with Crippen LogP contribution in [0.5, 0.6) is 0 Å². The van der Waals surface area contributed by atoms with Gasteiger partial charge < -0.3 is 5.32 Å². The minimum Gasteiger partial charge on any atom is -0.355 e. The van der Waals surface area contributed by atoms with Crippen molar-refractivity contribution in [2.45, 2.75) is 52.8 Å². The minimum atomic E-state index is 0.0456. The lowest BCUT2D eigenvalue weighted by molar-refractivity contribution is -0.122. The third-order valence-electron chi connectivity index (χ3n) is 1.94. The topological polar surface area (TPSA) is 29.1 Å². The van der Waals surface area contributed by atoms with Crippen LogP contribution in [0.25, 0.3) is 0 Å². The number of nitrogens with one attached hydrogen (secondary N) is 1. The van der Waals surface area contributed by atoms with Gasteiger partial charge in [-0.3, -0.25) is 4.79 Å². The molecule has 2 nitrogen and oxygen atoms in total. The number of amides is 1. The molecular formula is C12H24ClNO. The molecule has 0 saturated heterocycles. The van der Waals surface area contributed by atoms with Crippen molar-refractivity contribution >= 4 is 17.5 Å². The van der Waals surface area contributed by atoms with Gasteiger partial charge in [0.05, 0.1) is 5.38 Å². The zero-order valence-electron chi connectivity index (χ0n) is 10.6. The molecule has 0 heterocycles. The molecule has 0 aromatic rings. The molecule has 1 atom stereocenters. The maximum atomic E-state index is 11.5. The fourth-order valence-electron chi connectivity index (χ4n) is 1.36. The molecule has 15 heavy (non-hydrogen) atoms. The summed E-state index contributed by atoms with van der Waals surface area (Å²) in [6, 6.07) is 0. The summed E-state index contributed by atoms with van der Waals surface area (Å²) in [7, 11) is 0. The van der Waals surface area contributed by atoms with E-state index in [2.05, 4.69) is 39.9 Å². The van der Waals surface area contributed by atoms with Crippen molar-refractivity contribution in [3.63, 3.8) is 0 Å². The standard InChI is InChI=1S/C12H24ClNO/c1-9(2)6-10(13)8-14-11(15)7-12(3,4)5/h9-10H,6-8H2,1-5H3,(H,14,15). The van der Waals surface area contributed by atoms with Gasteiger partial charge in [-0.05, 0) is 17.8 Å². The summed E-state index contributed by atoms with van der Waals surface area (Å²) in [6.07, 6.45) is 1.50. The van der Waals surface area contributed by atoms with Crippen molar-refractivity contribution in [1.82, 2.24) is 5.32 Å². The molecule has 0 bridgehead atoms. The molecule has 0 saturated carbocycles. The Hall–Kier alpha value is -0.240. The smallest absolute Gasteiger partial charge is 0.220 e. The normalized spacial score (nSPS) is 14.1. The van der Waals surface area contributed by atoms with Crippen LogP contribution in [0, 0.1) is 11.3 Å². The third-order valence-corrected chi connectivity index (χ3v) is 2.27. The number of carbonyl (C=O) groups excluding carboxylic acids is 1. The van der Waals surface area contributed by atoms with Crippen molar-refractivity contribution < 1.29 is 4.79 Å². The molecule has 1 amide bonds. The number of alkyl halides is 1. The van der Waals surface area contributed by atoms with E-state index in [4.69, 9.17) is 11.6 Å². The van der Waals surface area contributed by atoms with E-state index < -0.39 is 0 Å². The first kappa shape index (κ1) is 14.8. The maximum absolute atomic E-state index is 11.5. The summed E-state index contributed by atoms with van der Waals surface area (Å²) in [4.78, 5) is 11.5. The Morgan fingerprint density at radius 3 is 2.27 bits per heavy atom. The van der Waals surface area contributed by atoms with Gasteiger partial charge in [-0.15, -0.1) is 11.6 Å². The molecule has 0 spiro atoms. The summed E-state index contributed by atoms with van der Waals surface area (Å²) in [5.74, 6) is 0.670. The molecule has 0 rings (SSSR count). The Bertz CT molecular complexity index is 196. The first-order valence-electron chi connectivity index (χ1n) is 5.61. The summed E-state index contributed by atoms with van der Waals surface area (Å²) in [6.45, 7) is 11.0. The van der Waals surface area contributed by atoms with E-state index in [0.717, 1.165) is 6.42 Å². The van der Waals surface area contributed by atoms with Crippen molar-refractivity contribution in [2.24, 2.45) is 11.3 Å². The van der Waals surface area contributed by atoms with Gasteiger partial charge in [0.15, 0.2) is 0 Å². The molecule has 0 aromatic heterocycles. The van der Waals surface area contributed by atoms with Gasteiger partial charge in [0.25, 0.3) is 0 Å². The minimum absolute atomic E-state index is 0.0456. The number of hydrogen-bond acceptors (Lipinski definition) is 1. The zero-order chi connectivity index (χ0) is 12.1. The maximum Gasteiger partial charge on any atom is 0.220 e. The highest BCUT2D eigenvalue weighted by Gasteiger charge is 2.16. The van der Waals surface area contributed by atoms with E-state index in [1.54, 1.807) is 0 Å². The molecule has 0 aliphatic carbocycles. The van der Waals surface area contributed by atoms with Crippen LogP contribution in [0.1, 0.15) is 47.5 Å². The molecule has 1 unspecified atom stereocenters. The van der Waals surface area contributed by atoms with Crippen molar-refractivity contribution in [3.8, 4) is 0 Å². The lowest BCUT2D eigenvalue weighted by Crippen LogP contribution is -2.32. The van der Waals surface area contributed by atoms with E-state index in [0.29, 0.717) is 18.9 Å². The Balaban J connectivity index is 3.72. The van der Waals surface area contributed by atoms with Crippen LogP contribution in [-0.4, -0.2) is 17.8 Å². The molecular weight excluding hydrogens is 210 g/mol. The van der Waals surface area contributed by atoms with E-state index in [-0.39, 0.29) is 16.7 Å². The summed E-state index contributed by atoms with van der Waals surface area (Å²) >= 11 is 6.08. The Morgan fingerprint density at radius 1 is 1.33 bits per heavy atom. The Kier molecular flexibility index (Phi) is 6.26. The van der Waals surface area contributed by atoms with Gasteiger partial charge in [-0.1, -0.05) is 34.6 Å². The molecule has 0 fully saturated rings. The number of halogens is 1. The number of carbonyl (C=O) groups is 1. The molecule has 0 aliphatic rings. The molecule has 0 aromatic carbocycles. The molecule has 0 radical (unpaired) electrons. The van der Waals surface area contributed by atoms with Crippen LogP contribution < -0.4 is 5.32 Å². The van der Waals surface area contributed by atoms with Gasteiger partial charge >= 0.3 is 0 Å². The average Bonchev–Trinajstić information content (AvgIpc) is 1.96. The predicted molar refractivity (Wildman–Crippen MR) is 66.2 cm³/mol. The zero-order valence-corrected chi connectivity index (χ0v) is 11.3. The van der Waals surface area contributed by atoms with Gasteiger partial charge in [-0.2, -0.15) is 0 Å². The van der Waals surface area contributed by atoms with Crippen molar-refractivity contribution in [2.75, 3.05) is 6.54 Å². The Morgan fingerprint density at radius 2 is 1.87 bits per heavy atom. The largest absolute Gasteiger partial charge is 0.355 e. The van der Waals surface area contributed by atoms with Gasteiger partial charge in [0.1, 0.15) is 0 Å². The van der Waals surface area contributed by atoms with Crippen LogP contribution in [-0.2, 0) is 4.79 Å². The lowest BCUT2D eigenvalue weighted by atomic mass is 9.92. The predicted octanol–water partition coefficient (Wildman–Crippen LogP) is 3.19. The van der Waals surface area contributed by atoms with Crippen LogP contribution in [0.4, 0.5) is 0 Å². The highest BCUT2D eigenvalue weighted by atomic mass is 35.5. The van der Waals surface area contributed by atoms with E-state index in [1.807, 2.05) is 0 Å².